The first-order valence-electron chi connectivity index (χ1n) is 6.45. The Morgan fingerprint density at radius 3 is 2.89 bits per heavy atom. The van der Waals surface area contributed by atoms with E-state index in [-0.39, 0.29) is 6.04 Å². The third-order valence-electron chi connectivity index (χ3n) is 2.93. The maximum atomic E-state index is 5.98. The number of nitrogens with two attached hydrogens (primary N) is 1. The van der Waals surface area contributed by atoms with Gasteiger partial charge in [-0.1, -0.05) is 40.5 Å². The average molecular weight is 324 g/mol. The van der Waals surface area contributed by atoms with E-state index in [1.165, 1.54) is 5.56 Å². The number of nitrogens with zero attached hydrogens (tertiary/aromatic N) is 2. The van der Waals surface area contributed by atoms with E-state index in [2.05, 4.69) is 33.0 Å². The first kappa shape index (κ1) is 14.2. The van der Waals surface area contributed by atoms with Crippen molar-refractivity contribution in [2.24, 2.45) is 5.73 Å². The van der Waals surface area contributed by atoms with Crippen molar-refractivity contribution in [1.29, 1.82) is 0 Å². The molecule has 0 saturated carbocycles. The highest BCUT2D eigenvalue weighted by molar-refractivity contribution is 9.10. The molecule has 2 rings (SSSR count). The third kappa shape index (κ3) is 3.64. The van der Waals surface area contributed by atoms with E-state index >= 15 is 0 Å². The van der Waals surface area contributed by atoms with Gasteiger partial charge in [-0.3, -0.25) is 0 Å². The summed E-state index contributed by atoms with van der Waals surface area (Å²) in [6.45, 7) is 4.16. The van der Waals surface area contributed by atoms with Crippen LogP contribution in [0.2, 0.25) is 0 Å². The minimum absolute atomic E-state index is 0.0831. The van der Waals surface area contributed by atoms with Crippen molar-refractivity contribution in [2.75, 3.05) is 0 Å². The quantitative estimate of drug-likeness (QED) is 0.914. The fourth-order valence-electron chi connectivity index (χ4n) is 1.95. The molecule has 5 heteroatoms. The van der Waals surface area contributed by atoms with Gasteiger partial charge < -0.3 is 10.3 Å². The van der Waals surface area contributed by atoms with Crippen LogP contribution in [0.5, 0.6) is 0 Å². The van der Waals surface area contributed by atoms with Crippen LogP contribution < -0.4 is 5.73 Å². The average Bonchev–Trinajstić information content (AvgIpc) is 2.77. The Bertz CT molecular complexity index is 553. The van der Waals surface area contributed by atoms with E-state index in [9.17, 15) is 0 Å². The summed E-state index contributed by atoms with van der Waals surface area (Å²) >= 11 is 3.52. The van der Waals surface area contributed by atoms with E-state index in [0.29, 0.717) is 18.1 Å². The molecule has 0 saturated heterocycles. The Hall–Kier alpha value is -1.20. The second kappa shape index (κ2) is 6.30. The van der Waals surface area contributed by atoms with Crippen LogP contribution >= 0.6 is 15.9 Å². The third-order valence-corrected chi connectivity index (χ3v) is 3.59. The van der Waals surface area contributed by atoms with Crippen LogP contribution in [0.25, 0.3) is 11.4 Å². The van der Waals surface area contributed by atoms with Crippen LogP contribution in [0, 0.1) is 6.92 Å². The van der Waals surface area contributed by atoms with Gasteiger partial charge in [-0.15, -0.1) is 0 Å². The molecule has 1 atom stereocenters. The molecule has 102 valence electrons. The minimum Gasteiger partial charge on any atom is -0.339 e. The lowest BCUT2D eigenvalue weighted by molar-refractivity contribution is 0.366. The van der Waals surface area contributed by atoms with Gasteiger partial charge >= 0.3 is 0 Å². The second-order valence-corrected chi connectivity index (χ2v) is 5.60. The van der Waals surface area contributed by atoms with Gasteiger partial charge in [0.05, 0.1) is 0 Å². The molecule has 2 N–H and O–H groups in total. The van der Waals surface area contributed by atoms with E-state index in [1.54, 1.807) is 0 Å². The van der Waals surface area contributed by atoms with Gasteiger partial charge in [0.15, 0.2) is 0 Å². The summed E-state index contributed by atoms with van der Waals surface area (Å²) < 4.78 is 6.23. The summed E-state index contributed by atoms with van der Waals surface area (Å²) in [6.07, 6.45) is 2.65. The molecule has 1 aromatic heterocycles. The highest BCUT2D eigenvalue weighted by Crippen LogP contribution is 2.27. The van der Waals surface area contributed by atoms with Crippen LogP contribution in [0.4, 0.5) is 0 Å². The number of hydrogen-bond acceptors (Lipinski definition) is 4. The van der Waals surface area contributed by atoms with Crippen LogP contribution in [0.1, 0.15) is 31.2 Å². The van der Waals surface area contributed by atoms with Gasteiger partial charge in [0.25, 0.3) is 0 Å². The summed E-state index contributed by atoms with van der Waals surface area (Å²) in [5.74, 6) is 1.20. The maximum Gasteiger partial charge on any atom is 0.228 e. The maximum absolute atomic E-state index is 5.98. The smallest absolute Gasteiger partial charge is 0.228 e. The topological polar surface area (TPSA) is 64.9 Å². The molecule has 0 amide bonds. The highest BCUT2D eigenvalue weighted by atomic mass is 79.9. The molecule has 0 aliphatic rings. The Morgan fingerprint density at radius 1 is 1.42 bits per heavy atom. The Kier molecular flexibility index (Phi) is 4.71. The molecular weight excluding hydrogens is 306 g/mol. The van der Waals surface area contributed by atoms with Gasteiger partial charge in [0.2, 0.25) is 11.7 Å². The molecular formula is C14H18BrN3O. The first-order valence-corrected chi connectivity index (χ1v) is 7.24. The van der Waals surface area contributed by atoms with Crippen molar-refractivity contribution in [3.8, 4) is 11.4 Å². The van der Waals surface area contributed by atoms with Gasteiger partial charge in [-0.05, 0) is 31.0 Å². The van der Waals surface area contributed by atoms with E-state index < -0.39 is 0 Å². The molecule has 1 aromatic carbocycles. The van der Waals surface area contributed by atoms with Crippen molar-refractivity contribution >= 4 is 15.9 Å². The zero-order chi connectivity index (χ0) is 13.8. The van der Waals surface area contributed by atoms with Crippen molar-refractivity contribution in [1.82, 2.24) is 10.1 Å². The van der Waals surface area contributed by atoms with Gasteiger partial charge in [-0.2, -0.15) is 4.98 Å². The molecule has 0 spiro atoms. The zero-order valence-corrected chi connectivity index (χ0v) is 12.8. The lowest BCUT2D eigenvalue weighted by Crippen LogP contribution is -2.22. The molecule has 0 aliphatic carbocycles. The fourth-order valence-corrected chi connectivity index (χ4v) is 2.62. The molecule has 4 nitrogen and oxygen atoms in total. The largest absolute Gasteiger partial charge is 0.339 e. The summed E-state index contributed by atoms with van der Waals surface area (Å²) in [7, 11) is 0. The SMILES string of the molecule is CCCC(N)Cc1nc(-c2ccc(C)cc2Br)no1. The molecule has 0 bridgehead atoms. The monoisotopic (exact) mass is 323 g/mol. The number of rotatable bonds is 5. The van der Waals surface area contributed by atoms with Gasteiger partial charge in [0.1, 0.15) is 0 Å². The van der Waals surface area contributed by atoms with E-state index in [0.717, 1.165) is 22.9 Å². The highest BCUT2D eigenvalue weighted by Gasteiger charge is 2.13. The number of benzene rings is 1. The van der Waals surface area contributed by atoms with E-state index in [1.807, 2.05) is 25.1 Å². The Labute approximate surface area is 121 Å². The summed E-state index contributed by atoms with van der Waals surface area (Å²) in [5.41, 5.74) is 8.10. The predicted molar refractivity (Wildman–Crippen MR) is 78.8 cm³/mol. The molecule has 0 fully saturated rings. The van der Waals surface area contributed by atoms with Crippen molar-refractivity contribution in [2.45, 2.75) is 39.2 Å². The number of aromatic nitrogens is 2. The summed E-state index contributed by atoms with van der Waals surface area (Å²) in [4.78, 5) is 4.41. The number of halogens is 1. The number of aryl methyl sites for hydroxylation is 1. The zero-order valence-electron chi connectivity index (χ0n) is 11.2. The van der Waals surface area contributed by atoms with Crippen molar-refractivity contribution < 1.29 is 4.52 Å². The molecule has 1 unspecified atom stereocenters. The summed E-state index contributed by atoms with van der Waals surface area (Å²) in [6, 6.07) is 6.13. The number of hydrogen-bond donors (Lipinski definition) is 1. The van der Waals surface area contributed by atoms with E-state index in [4.69, 9.17) is 10.3 Å². The molecule has 0 radical (unpaired) electrons. The van der Waals surface area contributed by atoms with Crippen LogP contribution in [0.3, 0.4) is 0 Å². The molecule has 0 aliphatic heterocycles. The standard InChI is InChI=1S/C14H18BrN3O/c1-3-4-10(16)8-13-17-14(18-19-13)11-6-5-9(2)7-12(11)15/h5-7,10H,3-4,8,16H2,1-2H3. The second-order valence-electron chi connectivity index (χ2n) is 4.75. The lowest BCUT2D eigenvalue weighted by Gasteiger charge is -2.05. The molecule has 19 heavy (non-hydrogen) atoms. The lowest BCUT2D eigenvalue weighted by atomic mass is 10.1. The van der Waals surface area contributed by atoms with Crippen LogP contribution in [-0.2, 0) is 6.42 Å². The van der Waals surface area contributed by atoms with Gasteiger partial charge in [-0.25, -0.2) is 0 Å². The Morgan fingerprint density at radius 2 is 2.21 bits per heavy atom. The first-order chi connectivity index (χ1) is 9.10. The van der Waals surface area contributed by atoms with Crippen LogP contribution in [0.15, 0.2) is 27.2 Å². The predicted octanol–water partition coefficient (Wildman–Crippen LogP) is 3.48. The summed E-state index contributed by atoms with van der Waals surface area (Å²) in [5, 5.41) is 4.02. The molecule has 2 aromatic rings. The van der Waals surface area contributed by atoms with Gasteiger partial charge in [0, 0.05) is 22.5 Å². The van der Waals surface area contributed by atoms with Crippen molar-refractivity contribution in [3.63, 3.8) is 0 Å². The Balaban J connectivity index is 2.16. The van der Waals surface area contributed by atoms with Crippen LogP contribution in [-0.4, -0.2) is 16.2 Å². The fraction of sp³-hybridized carbons (Fsp3) is 0.429. The molecule has 1 heterocycles. The minimum atomic E-state index is 0.0831. The normalized spacial score (nSPS) is 12.6. The van der Waals surface area contributed by atoms with Crippen molar-refractivity contribution in [3.05, 3.63) is 34.1 Å².